The van der Waals surface area contributed by atoms with Crippen molar-refractivity contribution in [3.8, 4) is 51.7 Å². The van der Waals surface area contributed by atoms with Crippen LogP contribution < -0.4 is 33.2 Å². The summed E-state index contributed by atoms with van der Waals surface area (Å²) in [5.41, 5.74) is 6.71. The summed E-state index contributed by atoms with van der Waals surface area (Å²) in [6.07, 6.45) is 3.20. The Balaban J connectivity index is 1.12. The highest BCUT2D eigenvalue weighted by molar-refractivity contribution is 5.62. The minimum absolute atomic E-state index is 0.0770. The summed E-state index contributed by atoms with van der Waals surface area (Å²) in [4.78, 5) is 2.39. The third-order valence-corrected chi connectivity index (χ3v) is 10.7. The van der Waals surface area contributed by atoms with E-state index >= 15 is 0 Å². The van der Waals surface area contributed by atoms with Crippen molar-refractivity contribution in [1.29, 1.82) is 0 Å². The largest absolute Gasteiger partial charge is 0.504 e. The molecule has 4 aromatic carbocycles. The zero-order valence-electron chi connectivity index (χ0n) is 30.0. The topological polar surface area (TPSA) is 88.1 Å². The molecule has 264 valence electrons. The van der Waals surface area contributed by atoms with E-state index in [4.69, 9.17) is 33.2 Å². The van der Waals surface area contributed by atoms with Crippen LogP contribution in [0.25, 0.3) is 0 Å². The van der Waals surface area contributed by atoms with Crippen LogP contribution in [0.4, 0.5) is 0 Å². The Morgan fingerprint density at radius 2 is 1.50 bits per heavy atom. The van der Waals surface area contributed by atoms with E-state index in [0.29, 0.717) is 28.7 Å². The first-order chi connectivity index (χ1) is 24.1. The van der Waals surface area contributed by atoms with E-state index in [-0.39, 0.29) is 24.6 Å². The molecule has 1 N–H and O–H groups in total. The summed E-state index contributed by atoms with van der Waals surface area (Å²) in [5.74, 6) is 5.37. The Labute approximate surface area is 294 Å². The molecule has 0 aliphatic carbocycles. The van der Waals surface area contributed by atoms with Crippen LogP contribution >= 0.6 is 0 Å². The van der Waals surface area contributed by atoms with Crippen LogP contribution in [0.1, 0.15) is 45.5 Å². The van der Waals surface area contributed by atoms with Gasteiger partial charge in [0.25, 0.3) is 0 Å². The van der Waals surface area contributed by atoms with E-state index < -0.39 is 0 Å². The average Bonchev–Trinajstić information content (AvgIpc) is 3.59. The van der Waals surface area contributed by atoms with Crippen molar-refractivity contribution in [1.82, 2.24) is 4.90 Å². The minimum atomic E-state index is 0.0770. The first kappa shape index (κ1) is 33.7. The van der Waals surface area contributed by atoms with Crippen molar-refractivity contribution in [2.24, 2.45) is 0 Å². The van der Waals surface area contributed by atoms with Gasteiger partial charge in [-0.25, -0.2) is 0 Å². The van der Waals surface area contributed by atoms with Gasteiger partial charge in [-0.1, -0.05) is 18.2 Å². The fourth-order valence-corrected chi connectivity index (χ4v) is 7.87. The number of fused-ring (bicyclic) bond motifs is 3. The van der Waals surface area contributed by atoms with Gasteiger partial charge in [0.2, 0.25) is 18.3 Å². The quantitative estimate of drug-likeness (QED) is 0.185. The number of hydrogen-bond donors (Lipinski definition) is 1. The number of rotatable bonds is 10. The second kappa shape index (κ2) is 13.5. The normalized spacial score (nSPS) is 18.9. The molecule has 4 aromatic rings. The van der Waals surface area contributed by atoms with Crippen LogP contribution in [0.5, 0.6) is 51.7 Å². The first-order valence-electron chi connectivity index (χ1n) is 17.1. The van der Waals surface area contributed by atoms with E-state index in [9.17, 15) is 5.11 Å². The Hall–Kier alpha value is -4.80. The molecule has 10 nitrogen and oxygen atoms in total. The lowest BCUT2D eigenvalue weighted by Crippen LogP contribution is -2.48. The Bertz CT molecular complexity index is 1890. The molecule has 2 unspecified atom stereocenters. The number of hydrogen-bond acceptors (Lipinski definition) is 9. The Morgan fingerprint density at radius 3 is 2.22 bits per heavy atom. The van der Waals surface area contributed by atoms with Crippen LogP contribution in [0.15, 0.2) is 54.6 Å². The Morgan fingerprint density at radius 1 is 0.760 bits per heavy atom. The molecular formula is C40H47N2O8+. The Kier molecular flexibility index (Phi) is 9.09. The number of phenolic OH excluding ortho intramolecular Hbond substituents is 1. The SMILES string of the molecule is COc1ccc(CC2c3cc(OC)c(OC)c(O)c3CC[N+]2(C)C)cc1Oc1ccc(CC2c3cc4c(c(OC)c3CCN2C)OCO4)cc1. The van der Waals surface area contributed by atoms with E-state index in [1.54, 1.807) is 28.4 Å². The van der Waals surface area contributed by atoms with Gasteiger partial charge in [-0.15, -0.1) is 0 Å². The summed E-state index contributed by atoms with van der Waals surface area (Å²) in [5, 5.41) is 11.1. The van der Waals surface area contributed by atoms with Crippen LogP contribution in [-0.2, 0) is 25.7 Å². The molecule has 0 amide bonds. The van der Waals surface area contributed by atoms with Gasteiger partial charge < -0.3 is 42.7 Å². The lowest BCUT2D eigenvalue weighted by Gasteiger charge is -2.43. The van der Waals surface area contributed by atoms with Crippen molar-refractivity contribution in [2.75, 3.05) is 69.5 Å². The highest BCUT2D eigenvalue weighted by Crippen LogP contribution is 2.50. The summed E-state index contributed by atoms with van der Waals surface area (Å²) in [6.45, 7) is 2.02. The van der Waals surface area contributed by atoms with Gasteiger partial charge in [0, 0.05) is 42.1 Å². The molecule has 7 rings (SSSR count). The number of nitrogens with zero attached hydrogens (tertiary/aromatic N) is 2. The zero-order chi connectivity index (χ0) is 35.2. The third-order valence-electron chi connectivity index (χ3n) is 10.7. The maximum atomic E-state index is 11.1. The average molecular weight is 684 g/mol. The van der Waals surface area contributed by atoms with Crippen LogP contribution in [-0.4, -0.2) is 84.0 Å². The number of methoxy groups -OCH3 is 4. The molecule has 0 radical (unpaired) electrons. The predicted octanol–water partition coefficient (Wildman–Crippen LogP) is 6.64. The summed E-state index contributed by atoms with van der Waals surface area (Å²) in [7, 11) is 13.2. The van der Waals surface area contributed by atoms with Gasteiger partial charge in [-0.05, 0) is 73.0 Å². The summed E-state index contributed by atoms with van der Waals surface area (Å²) in [6, 6.07) is 18.8. The van der Waals surface area contributed by atoms with E-state index in [2.05, 4.69) is 56.4 Å². The maximum Gasteiger partial charge on any atom is 0.231 e. The molecule has 0 fully saturated rings. The van der Waals surface area contributed by atoms with Gasteiger partial charge in [0.15, 0.2) is 34.5 Å². The van der Waals surface area contributed by atoms with Gasteiger partial charge in [-0.2, -0.15) is 0 Å². The zero-order valence-corrected chi connectivity index (χ0v) is 30.0. The molecule has 3 aliphatic rings. The van der Waals surface area contributed by atoms with Gasteiger partial charge >= 0.3 is 0 Å². The van der Waals surface area contributed by atoms with E-state index in [1.807, 2.05) is 24.3 Å². The van der Waals surface area contributed by atoms with E-state index in [1.165, 1.54) is 16.7 Å². The van der Waals surface area contributed by atoms with Crippen molar-refractivity contribution in [2.45, 2.75) is 37.8 Å². The highest BCUT2D eigenvalue weighted by Gasteiger charge is 2.39. The fourth-order valence-electron chi connectivity index (χ4n) is 7.87. The molecule has 3 aliphatic heterocycles. The number of quaternary nitrogens is 1. The maximum absolute atomic E-state index is 11.1. The highest BCUT2D eigenvalue weighted by atomic mass is 16.7. The van der Waals surface area contributed by atoms with Crippen molar-refractivity contribution in [3.63, 3.8) is 0 Å². The smallest absolute Gasteiger partial charge is 0.231 e. The molecular weight excluding hydrogens is 636 g/mol. The predicted molar refractivity (Wildman–Crippen MR) is 190 cm³/mol. The van der Waals surface area contributed by atoms with E-state index in [0.717, 1.165) is 77.2 Å². The number of benzene rings is 4. The number of ether oxygens (including phenoxy) is 7. The third kappa shape index (κ3) is 6.00. The van der Waals surface area contributed by atoms with Crippen molar-refractivity contribution in [3.05, 3.63) is 88.0 Å². The molecule has 0 spiro atoms. The van der Waals surface area contributed by atoms with Gasteiger partial charge in [-0.3, -0.25) is 4.90 Å². The number of phenols is 1. The molecule has 0 saturated carbocycles. The summed E-state index contributed by atoms with van der Waals surface area (Å²) < 4.78 is 41.4. The molecule has 0 bridgehead atoms. The second-order valence-corrected chi connectivity index (χ2v) is 13.9. The standard InChI is InChI=1S/C40H46N2O8/c1-41-16-14-28-29(21-36-40(38(28)46-6)49-23-48-36)31(41)18-24-8-11-26(12-9-24)50-34-20-25(10-13-33(34)44-4)19-32-30-22-35(45-5)39(47-7)37(43)27(30)15-17-42(32,2)3/h8-13,20-22,31-32H,14-19,23H2,1-7H3/p+1. The van der Waals surface area contributed by atoms with Crippen LogP contribution in [0.3, 0.4) is 0 Å². The molecule has 0 saturated heterocycles. The molecule has 2 atom stereocenters. The van der Waals surface area contributed by atoms with Crippen molar-refractivity contribution >= 4 is 0 Å². The number of aromatic hydroxyl groups is 1. The monoisotopic (exact) mass is 683 g/mol. The van der Waals surface area contributed by atoms with Crippen LogP contribution in [0.2, 0.25) is 0 Å². The minimum Gasteiger partial charge on any atom is -0.504 e. The lowest BCUT2D eigenvalue weighted by molar-refractivity contribution is -0.923. The van der Waals surface area contributed by atoms with Crippen molar-refractivity contribution < 1.29 is 42.7 Å². The summed E-state index contributed by atoms with van der Waals surface area (Å²) >= 11 is 0. The first-order valence-corrected chi connectivity index (χ1v) is 17.1. The molecule has 10 heteroatoms. The lowest BCUT2D eigenvalue weighted by atomic mass is 9.86. The fraction of sp³-hybridized carbons (Fsp3) is 0.400. The second-order valence-electron chi connectivity index (χ2n) is 13.9. The van der Waals surface area contributed by atoms with Crippen LogP contribution in [0, 0.1) is 0 Å². The van der Waals surface area contributed by atoms with Gasteiger partial charge in [0.05, 0.1) is 49.1 Å². The molecule has 50 heavy (non-hydrogen) atoms. The number of likely N-dealkylation sites (N-methyl/N-ethyl adjacent to an activating group) is 2. The molecule has 3 heterocycles. The van der Waals surface area contributed by atoms with Gasteiger partial charge in [0.1, 0.15) is 11.8 Å². The molecule has 0 aromatic heterocycles.